The Hall–Kier alpha value is -2.56. The van der Waals surface area contributed by atoms with Gasteiger partial charge in [-0.05, 0) is 31.4 Å². The summed E-state index contributed by atoms with van der Waals surface area (Å²) in [6.07, 6.45) is 3.99. The Morgan fingerprint density at radius 3 is 3.00 bits per heavy atom. The summed E-state index contributed by atoms with van der Waals surface area (Å²) in [6.45, 7) is 2.61. The molecule has 1 aromatic carbocycles. The smallest absolute Gasteiger partial charge is 0.253 e. The number of ether oxygens (including phenoxy) is 1. The molecule has 0 aliphatic carbocycles. The summed E-state index contributed by atoms with van der Waals surface area (Å²) in [5, 5.41) is 1.25. The van der Waals surface area contributed by atoms with Crippen LogP contribution in [0.25, 0.3) is 10.9 Å². The van der Waals surface area contributed by atoms with Crippen molar-refractivity contribution in [3.05, 3.63) is 47.4 Å². The van der Waals surface area contributed by atoms with Gasteiger partial charge >= 0.3 is 0 Å². The van der Waals surface area contributed by atoms with Gasteiger partial charge in [0.05, 0.1) is 23.8 Å². The summed E-state index contributed by atoms with van der Waals surface area (Å²) in [6, 6.07) is 8.31. The number of carbonyl (C=O) groups excluding carboxylic acids is 2. The van der Waals surface area contributed by atoms with E-state index in [1.165, 1.54) is 10.9 Å². The molecule has 1 aromatic heterocycles. The number of aromatic amines is 1. The molecule has 4 atom stereocenters. The van der Waals surface area contributed by atoms with Crippen LogP contribution >= 0.6 is 0 Å². The number of rotatable bonds is 1. The Morgan fingerprint density at radius 1 is 1.32 bits per heavy atom. The van der Waals surface area contributed by atoms with E-state index in [-0.39, 0.29) is 29.9 Å². The molecule has 128 valence electrons. The Balaban J connectivity index is 1.62. The van der Waals surface area contributed by atoms with Crippen LogP contribution in [0.3, 0.4) is 0 Å². The number of piperidine rings is 1. The van der Waals surface area contributed by atoms with Gasteiger partial charge in [-0.2, -0.15) is 0 Å². The van der Waals surface area contributed by atoms with Crippen LogP contribution in [0.1, 0.15) is 30.6 Å². The first-order valence-electron chi connectivity index (χ1n) is 8.90. The summed E-state index contributed by atoms with van der Waals surface area (Å²) in [5.74, 6) is -0.308. The number of nitrogens with one attached hydrogen (secondary N) is 1. The number of benzene rings is 1. The number of amides is 1. The third-order valence-electron chi connectivity index (χ3n) is 6.12. The maximum Gasteiger partial charge on any atom is 0.253 e. The minimum absolute atomic E-state index is 0.0125. The molecule has 1 amide bonds. The van der Waals surface area contributed by atoms with Gasteiger partial charge in [-0.1, -0.05) is 18.2 Å². The van der Waals surface area contributed by atoms with Crippen molar-refractivity contribution in [3.8, 4) is 0 Å². The molecule has 0 bridgehead atoms. The lowest BCUT2D eigenvalue weighted by Crippen LogP contribution is -2.50. The second kappa shape index (κ2) is 5.22. The predicted octanol–water partition coefficient (Wildman–Crippen LogP) is 2.73. The molecule has 0 saturated carbocycles. The van der Waals surface area contributed by atoms with Gasteiger partial charge in [0.2, 0.25) is 0 Å². The van der Waals surface area contributed by atoms with E-state index < -0.39 is 0 Å². The molecule has 1 fully saturated rings. The van der Waals surface area contributed by atoms with Crippen molar-refractivity contribution in [1.82, 2.24) is 9.88 Å². The number of hydrogen-bond donors (Lipinski definition) is 1. The number of aromatic nitrogens is 1. The van der Waals surface area contributed by atoms with Gasteiger partial charge in [0.15, 0.2) is 0 Å². The molecule has 1 saturated heterocycles. The number of hydrogen-bond acceptors (Lipinski definition) is 3. The number of H-pyrrole nitrogens is 1. The molecule has 3 aliphatic rings. The first kappa shape index (κ1) is 14.8. The largest absolute Gasteiger partial charge is 0.497 e. The quantitative estimate of drug-likeness (QED) is 0.815. The van der Waals surface area contributed by atoms with Crippen molar-refractivity contribution in [3.63, 3.8) is 0 Å². The molecule has 2 unspecified atom stereocenters. The van der Waals surface area contributed by atoms with Crippen LogP contribution in [0.4, 0.5) is 0 Å². The highest BCUT2D eigenvalue weighted by Crippen LogP contribution is 2.47. The van der Waals surface area contributed by atoms with Crippen molar-refractivity contribution >= 4 is 23.1 Å². The molecule has 25 heavy (non-hydrogen) atoms. The van der Waals surface area contributed by atoms with Crippen molar-refractivity contribution in [1.29, 1.82) is 0 Å². The van der Waals surface area contributed by atoms with Gasteiger partial charge in [0, 0.05) is 29.1 Å². The fourth-order valence-electron chi connectivity index (χ4n) is 4.80. The number of para-hydroxylation sites is 1. The van der Waals surface area contributed by atoms with Crippen LogP contribution in [-0.2, 0) is 20.7 Å². The van der Waals surface area contributed by atoms with Crippen LogP contribution in [0.5, 0.6) is 0 Å². The number of fused-ring (bicyclic) bond motifs is 6. The minimum Gasteiger partial charge on any atom is -0.497 e. The normalized spacial score (nSPS) is 30.8. The van der Waals surface area contributed by atoms with E-state index in [1.807, 2.05) is 17.9 Å². The van der Waals surface area contributed by atoms with Crippen LogP contribution in [0.15, 0.2) is 36.1 Å². The summed E-state index contributed by atoms with van der Waals surface area (Å²) < 4.78 is 5.57. The lowest BCUT2D eigenvalue weighted by atomic mass is 9.73. The van der Waals surface area contributed by atoms with Gasteiger partial charge < -0.3 is 19.4 Å². The molecule has 3 aliphatic heterocycles. The van der Waals surface area contributed by atoms with Crippen molar-refractivity contribution in [2.24, 2.45) is 11.8 Å². The Labute approximate surface area is 145 Å². The highest BCUT2D eigenvalue weighted by molar-refractivity contribution is 5.96. The van der Waals surface area contributed by atoms with Gasteiger partial charge in [-0.25, -0.2) is 0 Å². The second-order valence-corrected chi connectivity index (χ2v) is 7.30. The van der Waals surface area contributed by atoms with Crippen LogP contribution in [-0.4, -0.2) is 34.7 Å². The summed E-state index contributed by atoms with van der Waals surface area (Å²) in [7, 11) is 0. The van der Waals surface area contributed by atoms with Crippen molar-refractivity contribution in [2.75, 3.05) is 6.54 Å². The van der Waals surface area contributed by atoms with Crippen LogP contribution < -0.4 is 0 Å². The number of carbonyl (C=O) groups is 2. The van der Waals surface area contributed by atoms with E-state index in [2.05, 4.69) is 23.2 Å². The van der Waals surface area contributed by atoms with E-state index >= 15 is 0 Å². The van der Waals surface area contributed by atoms with Gasteiger partial charge in [-0.15, -0.1) is 0 Å². The molecular weight excluding hydrogens is 316 g/mol. The molecule has 4 heterocycles. The summed E-state index contributed by atoms with van der Waals surface area (Å²) in [4.78, 5) is 30.2. The van der Waals surface area contributed by atoms with E-state index in [0.29, 0.717) is 12.1 Å². The zero-order chi connectivity index (χ0) is 17.1. The molecular formula is C20H20N2O3. The van der Waals surface area contributed by atoms with Crippen LogP contribution in [0, 0.1) is 11.8 Å². The van der Waals surface area contributed by atoms with Crippen molar-refractivity contribution < 1.29 is 14.3 Å². The zero-order valence-corrected chi connectivity index (χ0v) is 14.1. The number of aldehydes is 1. The van der Waals surface area contributed by atoms with Crippen molar-refractivity contribution in [2.45, 2.75) is 31.9 Å². The third-order valence-corrected chi connectivity index (χ3v) is 6.12. The van der Waals surface area contributed by atoms with Crippen LogP contribution in [0.2, 0.25) is 0 Å². The van der Waals surface area contributed by atoms with E-state index in [9.17, 15) is 9.59 Å². The maximum absolute atomic E-state index is 13.0. The third kappa shape index (κ3) is 1.95. The molecule has 0 spiro atoms. The number of nitrogens with zero attached hydrogens (tertiary/aromatic N) is 1. The first-order valence-corrected chi connectivity index (χ1v) is 8.90. The Bertz CT molecular complexity index is 913. The predicted molar refractivity (Wildman–Crippen MR) is 92.7 cm³/mol. The maximum atomic E-state index is 13.0. The second-order valence-electron chi connectivity index (χ2n) is 7.30. The molecule has 5 rings (SSSR count). The van der Waals surface area contributed by atoms with Gasteiger partial charge in [0.1, 0.15) is 12.4 Å². The monoisotopic (exact) mass is 336 g/mol. The topological polar surface area (TPSA) is 62.4 Å². The summed E-state index contributed by atoms with van der Waals surface area (Å²) in [5.41, 5.74) is 4.24. The molecule has 2 aromatic rings. The highest BCUT2D eigenvalue weighted by Gasteiger charge is 2.47. The van der Waals surface area contributed by atoms with E-state index in [1.54, 1.807) is 6.26 Å². The fourth-order valence-corrected chi connectivity index (χ4v) is 4.80. The average Bonchev–Trinajstić information content (AvgIpc) is 3.01. The molecule has 5 nitrogen and oxygen atoms in total. The fraction of sp³-hybridized carbons (Fsp3) is 0.400. The van der Waals surface area contributed by atoms with E-state index in [0.717, 1.165) is 30.3 Å². The van der Waals surface area contributed by atoms with Gasteiger partial charge in [0.25, 0.3) is 5.91 Å². The Morgan fingerprint density at radius 2 is 2.16 bits per heavy atom. The highest BCUT2D eigenvalue weighted by atomic mass is 16.5. The first-order chi connectivity index (χ1) is 12.2. The average molecular weight is 336 g/mol. The molecule has 1 N–H and O–H groups in total. The molecule has 0 radical (unpaired) electrons. The zero-order valence-electron chi connectivity index (χ0n) is 14.1. The summed E-state index contributed by atoms with van der Waals surface area (Å²) >= 11 is 0. The lowest BCUT2D eigenvalue weighted by molar-refractivity contribution is -0.137. The minimum atomic E-state index is -0.263. The standard InChI is InChI=1S/C20H20N2O3/c1-11-15(9-23)14-8-18-19-13(12-4-2-3-5-17(12)21-19)6-7-22(18)20(24)16(14)10-25-11/h2-5,9-11,14-15,18,21H,6-8H2,1H3/t11?,14-,15+,18?/m0/s1. The Kier molecular flexibility index (Phi) is 3.08. The van der Waals surface area contributed by atoms with E-state index in [4.69, 9.17) is 4.74 Å². The lowest BCUT2D eigenvalue weighted by Gasteiger charge is -2.46. The van der Waals surface area contributed by atoms with Gasteiger partial charge in [-0.3, -0.25) is 4.79 Å². The SMILES string of the molecule is CC1OC=C2C(=O)N3CCc4c([nH]c5ccccc45)C3C[C@H]2[C@@H]1C=O. The molecule has 5 heteroatoms.